The van der Waals surface area contributed by atoms with E-state index in [1.54, 1.807) is 0 Å². The first-order valence-corrected chi connectivity index (χ1v) is 12.1. The van der Waals surface area contributed by atoms with Crippen molar-refractivity contribution < 1.29 is 14.3 Å². The van der Waals surface area contributed by atoms with Crippen LogP contribution in [0.5, 0.6) is 0 Å². The van der Waals surface area contributed by atoms with Crippen LogP contribution in [0, 0.1) is 18.3 Å². The minimum Gasteiger partial charge on any atom is -0.452 e. The van der Waals surface area contributed by atoms with Crippen molar-refractivity contribution in [2.75, 3.05) is 11.9 Å². The highest BCUT2D eigenvalue weighted by atomic mass is 79.9. The number of halogens is 1. The van der Waals surface area contributed by atoms with Crippen LogP contribution >= 0.6 is 15.9 Å². The number of carbonyl (C=O) groups excluding carboxylic acids is 2. The average molecular weight is 509 g/mol. The lowest BCUT2D eigenvalue weighted by Gasteiger charge is -2.35. The number of ether oxygens (including phenoxy) is 1. The molecule has 4 rings (SSSR count). The van der Waals surface area contributed by atoms with Gasteiger partial charge in [-0.2, -0.15) is 0 Å². The van der Waals surface area contributed by atoms with Gasteiger partial charge in [-0.3, -0.25) is 9.78 Å². The van der Waals surface area contributed by atoms with Gasteiger partial charge in [0, 0.05) is 15.6 Å². The van der Waals surface area contributed by atoms with Crippen molar-refractivity contribution >= 4 is 44.4 Å². The van der Waals surface area contributed by atoms with Crippen molar-refractivity contribution in [3.8, 4) is 0 Å². The lowest BCUT2D eigenvalue weighted by Crippen LogP contribution is -2.29. The lowest BCUT2D eigenvalue weighted by molar-refractivity contribution is -0.119. The molecule has 33 heavy (non-hydrogen) atoms. The molecule has 0 aliphatic heterocycles. The van der Waals surface area contributed by atoms with Gasteiger partial charge in [0.05, 0.1) is 16.8 Å². The lowest BCUT2D eigenvalue weighted by atomic mass is 9.70. The van der Waals surface area contributed by atoms with Crippen LogP contribution in [0.1, 0.15) is 54.4 Å². The normalized spacial score (nSPS) is 15.7. The van der Waals surface area contributed by atoms with Gasteiger partial charge in [0.25, 0.3) is 5.91 Å². The molecule has 0 fully saturated rings. The zero-order chi connectivity index (χ0) is 23.8. The van der Waals surface area contributed by atoms with Gasteiger partial charge in [0.2, 0.25) is 0 Å². The van der Waals surface area contributed by atoms with Crippen LogP contribution in [0.25, 0.3) is 10.9 Å². The van der Waals surface area contributed by atoms with E-state index in [2.05, 4.69) is 42.0 Å². The first-order chi connectivity index (χ1) is 15.6. The molecule has 0 unspecified atom stereocenters. The van der Waals surface area contributed by atoms with Crippen molar-refractivity contribution in [1.82, 2.24) is 4.98 Å². The Morgan fingerprint density at radius 2 is 1.94 bits per heavy atom. The Morgan fingerprint density at radius 3 is 2.67 bits per heavy atom. The largest absolute Gasteiger partial charge is 0.452 e. The third kappa shape index (κ3) is 5.11. The number of aromatic nitrogens is 1. The summed E-state index contributed by atoms with van der Waals surface area (Å²) >= 11 is 3.45. The molecule has 0 saturated carbocycles. The number of pyridine rings is 1. The van der Waals surface area contributed by atoms with Gasteiger partial charge in [-0.25, -0.2) is 4.79 Å². The maximum atomic E-state index is 13.3. The maximum Gasteiger partial charge on any atom is 0.339 e. The van der Waals surface area contributed by atoms with Crippen LogP contribution in [0.15, 0.2) is 46.9 Å². The number of carbonyl (C=O) groups is 2. The SMILES string of the molecule is Cc1ccc(NC(=O)COC(=O)c2c3c(nc4ccccc24)CC[C@@H](C(C)(C)C)C3)c(Br)c1. The molecule has 0 bridgehead atoms. The molecule has 1 heterocycles. The molecule has 0 radical (unpaired) electrons. The number of benzene rings is 2. The topological polar surface area (TPSA) is 68.3 Å². The monoisotopic (exact) mass is 508 g/mol. The van der Waals surface area contributed by atoms with E-state index in [9.17, 15) is 9.59 Å². The van der Waals surface area contributed by atoms with E-state index in [4.69, 9.17) is 9.72 Å². The summed E-state index contributed by atoms with van der Waals surface area (Å²) in [5.74, 6) is -0.410. The van der Waals surface area contributed by atoms with Gasteiger partial charge in [-0.1, -0.05) is 45.0 Å². The summed E-state index contributed by atoms with van der Waals surface area (Å²) in [4.78, 5) is 30.7. The number of hydrogen-bond acceptors (Lipinski definition) is 4. The number of aryl methyl sites for hydroxylation is 2. The van der Waals surface area contributed by atoms with E-state index in [1.165, 1.54) is 0 Å². The van der Waals surface area contributed by atoms with Crippen molar-refractivity contribution in [2.24, 2.45) is 11.3 Å². The summed E-state index contributed by atoms with van der Waals surface area (Å²) in [5.41, 5.74) is 5.11. The Morgan fingerprint density at radius 1 is 1.18 bits per heavy atom. The smallest absolute Gasteiger partial charge is 0.339 e. The molecule has 5 nitrogen and oxygen atoms in total. The molecule has 0 saturated heterocycles. The molecule has 172 valence electrons. The number of nitrogens with zero attached hydrogens (tertiary/aromatic N) is 1. The van der Waals surface area contributed by atoms with Crippen LogP contribution in [-0.2, 0) is 22.4 Å². The summed E-state index contributed by atoms with van der Waals surface area (Å²) in [6.45, 7) is 8.34. The van der Waals surface area contributed by atoms with Crippen LogP contribution in [-0.4, -0.2) is 23.5 Å². The molecule has 1 aliphatic rings. The molecule has 1 N–H and O–H groups in total. The number of fused-ring (bicyclic) bond motifs is 2. The van der Waals surface area contributed by atoms with Crippen molar-refractivity contribution in [3.05, 3.63) is 69.3 Å². The van der Waals surface area contributed by atoms with Crippen molar-refractivity contribution in [3.63, 3.8) is 0 Å². The van der Waals surface area contributed by atoms with E-state index in [-0.39, 0.29) is 17.9 Å². The first kappa shape index (κ1) is 23.4. The quantitative estimate of drug-likeness (QED) is 0.422. The summed E-state index contributed by atoms with van der Waals surface area (Å²) < 4.78 is 6.31. The maximum absolute atomic E-state index is 13.3. The van der Waals surface area contributed by atoms with Crippen molar-refractivity contribution in [2.45, 2.75) is 47.0 Å². The number of hydrogen-bond donors (Lipinski definition) is 1. The second-order valence-electron chi connectivity index (χ2n) is 9.84. The molecule has 1 aromatic heterocycles. The van der Waals surface area contributed by atoms with Gasteiger partial charge in [0.15, 0.2) is 6.61 Å². The van der Waals surface area contributed by atoms with Crippen LogP contribution in [0.4, 0.5) is 5.69 Å². The molecular formula is C27H29BrN2O3. The molecule has 3 aromatic rings. The molecule has 1 amide bonds. The van der Waals surface area contributed by atoms with Gasteiger partial charge >= 0.3 is 5.97 Å². The highest BCUT2D eigenvalue weighted by molar-refractivity contribution is 9.10. The predicted molar refractivity (Wildman–Crippen MR) is 135 cm³/mol. The Kier molecular flexibility index (Phi) is 6.57. The summed E-state index contributed by atoms with van der Waals surface area (Å²) in [6.07, 6.45) is 2.66. The van der Waals surface area contributed by atoms with Gasteiger partial charge in [-0.05, 0) is 82.8 Å². The van der Waals surface area contributed by atoms with Gasteiger partial charge in [0.1, 0.15) is 0 Å². The van der Waals surface area contributed by atoms with Gasteiger partial charge in [-0.15, -0.1) is 0 Å². The predicted octanol–water partition coefficient (Wildman–Crippen LogP) is 6.25. The minimum absolute atomic E-state index is 0.131. The van der Waals surface area contributed by atoms with Gasteiger partial charge < -0.3 is 10.1 Å². The fourth-order valence-corrected chi connectivity index (χ4v) is 5.06. The summed E-state index contributed by atoms with van der Waals surface area (Å²) in [6, 6.07) is 13.3. The molecule has 2 aromatic carbocycles. The standard InChI is InChI=1S/C27H29BrN2O3/c1-16-9-11-23(20(28)13-16)30-24(31)15-33-26(32)25-18-7-5-6-8-21(18)29-22-12-10-17(14-19(22)25)27(2,3)4/h5-9,11,13,17H,10,12,14-15H2,1-4H3,(H,30,31)/t17-/m1/s1. The summed E-state index contributed by atoms with van der Waals surface area (Å²) in [7, 11) is 0. The Bertz CT molecular complexity index is 1230. The molecular weight excluding hydrogens is 480 g/mol. The zero-order valence-corrected chi connectivity index (χ0v) is 21.1. The Balaban J connectivity index is 1.59. The minimum atomic E-state index is -0.475. The highest BCUT2D eigenvalue weighted by Gasteiger charge is 2.33. The Hall–Kier alpha value is -2.73. The van der Waals surface area contributed by atoms with Crippen molar-refractivity contribution in [1.29, 1.82) is 0 Å². The third-order valence-corrected chi connectivity index (χ3v) is 7.08. The molecule has 1 aliphatic carbocycles. The summed E-state index contributed by atoms with van der Waals surface area (Å²) in [5, 5.41) is 3.57. The molecule has 1 atom stereocenters. The molecule has 6 heteroatoms. The van der Waals surface area contributed by atoms with E-state index >= 15 is 0 Å². The van der Waals surface area contributed by atoms with Crippen LogP contribution in [0.3, 0.4) is 0 Å². The molecule has 0 spiro atoms. The zero-order valence-electron chi connectivity index (χ0n) is 19.5. The number of amides is 1. The van der Waals surface area contributed by atoms with E-state index in [0.717, 1.165) is 51.5 Å². The third-order valence-electron chi connectivity index (χ3n) is 6.42. The number of esters is 1. The Labute approximate surface area is 203 Å². The second-order valence-corrected chi connectivity index (χ2v) is 10.7. The number of anilines is 1. The van der Waals surface area contributed by atoms with E-state index < -0.39 is 5.97 Å². The van der Waals surface area contributed by atoms with E-state index in [1.807, 2.05) is 49.4 Å². The highest BCUT2D eigenvalue weighted by Crippen LogP contribution is 2.39. The fourth-order valence-electron chi connectivity index (χ4n) is 4.47. The average Bonchev–Trinajstić information content (AvgIpc) is 2.76. The number of nitrogens with one attached hydrogen (secondary N) is 1. The number of para-hydroxylation sites is 1. The van der Waals surface area contributed by atoms with Crippen LogP contribution in [0.2, 0.25) is 0 Å². The van der Waals surface area contributed by atoms with Crippen LogP contribution < -0.4 is 5.32 Å². The van der Waals surface area contributed by atoms with E-state index in [0.29, 0.717) is 17.2 Å². The first-order valence-electron chi connectivity index (χ1n) is 11.3. The number of rotatable bonds is 4. The second kappa shape index (κ2) is 9.26. The fraction of sp³-hybridized carbons (Fsp3) is 0.370.